The van der Waals surface area contributed by atoms with Gasteiger partial charge in [0.15, 0.2) is 0 Å². The lowest BCUT2D eigenvalue weighted by Crippen LogP contribution is -1.96. The molecule has 1 unspecified atom stereocenters. The second-order valence-corrected chi connectivity index (χ2v) is 3.24. The number of rotatable bonds is 1. The Hall–Kier alpha value is -1.50. The van der Waals surface area contributed by atoms with Gasteiger partial charge in [-0.1, -0.05) is 30.4 Å². The molecular formula is C12H12N. The molecule has 65 valence electrons. The minimum atomic E-state index is 0.502. The molecule has 0 saturated carbocycles. The smallest absolute Gasteiger partial charge is 0.0314 e. The molecule has 2 rings (SSSR count). The van der Waals surface area contributed by atoms with E-state index < -0.39 is 0 Å². The number of nitrogens with two attached hydrogens (primary N) is 1. The summed E-state index contributed by atoms with van der Waals surface area (Å²) in [6.07, 6.45) is 10.3. The summed E-state index contributed by atoms with van der Waals surface area (Å²) in [4.78, 5) is 0. The fraction of sp³-hybridized carbons (Fsp3) is 0.167. The molecule has 0 amide bonds. The van der Waals surface area contributed by atoms with Crippen LogP contribution >= 0.6 is 0 Å². The van der Waals surface area contributed by atoms with Gasteiger partial charge in [0.2, 0.25) is 0 Å². The second kappa shape index (κ2) is 3.48. The lowest BCUT2D eigenvalue weighted by Gasteiger charge is -2.12. The molecule has 0 spiro atoms. The van der Waals surface area contributed by atoms with Crippen LogP contribution in [0.1, 0.15) is 17.9 Å². The predicted octanol–water partition coefficient (Wildman–Crippen LogP) is 2.67. The average molecular weight is 170 g/mol. The summed E-state index contributed by atoms with van der Waals surface area (Å²) in [5, 5.41) is 0. The topological polar surface area (TPSA) is 26.0 Å². The van der Waals surface area contributed by atoms with E-state index in [1.165, 1.54) is 5.56 Å². The van der Waals surface area contributed by atoms with Crippen LogP contribution < -0.4 is 5.73 Å². The van der Waals surface area contributed by atoms with Crippen LogP contribution in [0.4, 0.5) is 5.69 Å². The van der Waals surface area contributed by atoms with Crippen molar-refractivity contribution >= 4 is 5.69 Å². The molecule has 1 aliphatic carbocycles. The second-order valence-electron chi connectivity index (χ2n) is 3.24. The van der Waals surface area contributed by atoms with Crippen molar-refractivity contribution in [2.24, 2.45) is 0 Å². The third-order valence-corrected chi connectivity index (χ3v) is 2.28. The molecule has 1 atom stereocenters. The highest BCUT2D eigenvalue weighted by Gasteiger charge is 2.07. The van der Waals surface area contributed by atoms with Crippen LogP contribution in [-0.4, -0.2) is 0 Å². The summed E-state index contributed by atoms with van der Waals surface area (Å²) >= 11 is 0. The van der Waals surface area contributed by atoms with Gasteiger partial charge in [0.05, 0.1) is 0 Å². The summed E-state index contributed by atoms with van der Waals surface area (Å²) in [6, 6.07) is 8.07. The number of allylic oxidation sites excluding steroid dienone is 4. The molecule has 2 N–H and O–H groups in total. The number of hydrogen-bond acceptors (Lipinski definition) is 1. The van der Waals surface area contributed by atoms with Gasteiger partial charge < -0.3 is 5.73 Å². The minimum Gasteiger partial charge on any atom is -0.399 e. The van der Waals surface area contributed by atoms with Crippen molar-refractivity contribution in [1.29, 1.82) is 0 Å². The first-order valence-electron chi connectivity index (χ1n) is 4.46. The van der Waals surface area contributed by atoms with Gasteiger partial charge in [-0.15, -0.1) is 0 Å². The van der Waals surface area contributed by atoms with Crippen LogP contribution in [0, 0.1) is 6.08 Å². The van der Waals surface area contributed by atoms with E-state index in [4.69, 9.17) is 5.73 Å². The van der Waals surface area contributed by atoms with Gasteiger partial charge in [0.25, 0.3) is 0 Å². The van der Waals surface area contributed by atoms with Crippen molar-refractivity contribution in [1.82, 2.24) is 0 Å². The largest absolute Gasteiger partial charge is 0.399 e. The Morgan fingerprint density at radius 2 is 2.00 bits per heavy atom. The third-order valence-electron chi connectivity index (χ3n) is 2.28. The van der Waals surface area contributed by atoms with E-state index in [1.807, 2.05) is 18.2 Å². The van der Waals surface area contributed by atoms with Crippen molar-refractivity contribution in [3.8, 4) is 0 Å². The van der Waals surface area contributed by atoms with Crippen molar-refractivity contribution < 1.29 is 0 Å². The maximum Gasteiger partial charge on any atom is 0.0314 e. The molecule has 0 fully saturated rings. The van der Waals surface area contributed by atoms with Crippen LogP contribution in [0.5, 0.6) is 0 Å². The Kier molecular flexibility index (Phi) is 2.17. The summed E-state index contributed by atoms with van der Waals surface area (Å²) in [5.41, 5.74) is 7.77. The van der Waals surface area contributed by atoms with Gasteiger partial charge in [-0.25, -0.2) is 0 Å². The molecule has 0 aliphatic heterocycles. The zero-order valence-electron chi connectivity index (χ0n) is 7.40. The van der Waals surface area contributed by atoms with Crippen LogP contribution in [0.15, 0.2) is 42.5 Å². The summed E-state index contributed by atoms with van der Waals surface area (Å²) < 4.78 is 0. The van der Waals surface area contributed by atoms with Crippen LogP contribution in [0.25, 0.3) is 0 Å². The first-order chi connectivity index (χ1) is 6.36. The van der Waals surface area contributed by atoms with E-state index in [-0.39, 0.29) is 0 Å². The van der Waals surface area contributed by atoms with Gasteiger partial charge in [0, 0.05) is 11.6 Å². The molecule has 1 aromatic carbocycles. The van der Waals surface area contributed by atoms with Crippen LogP contribution in [-0.2, 0) is 0 Å². The molecule has 0 saturated heterocycles. The molecule has 1 radical (unpaired) electrons. The van der Waals surface area contributed by atoms with Gasteiger partial charge in [-0.05, 0) is 30.2 Å². The molecule has 0 bridgehead atoms. The summed E-state index contributed by atoms with van der Waals surface area (Å²) in [6.45, 7) is 0. The number of benzene rings is 1. The SMILES string of the molecule is Nc1ccc(C2C=C[C]=CC2)cc1. The number of nitrogen functional groups attached to an aromatic ring is 1. The normalized spacial score (nSPS) is 20.5. The summed E-state index contributed by atoms with van der Waals surface area (Å²) in [5.74, 6) is 0.502. The monoisotopic (exact) mass is 170 g/mol. The fourth-order valence-corrected chi connectivity index (χ4v) is 1.50. The molecule has 13 heavy (non-hydrogen) atoms. The maximum absolute atomic E-state index is 5.62. The number of hydrogen-bond donors (Lipinski definition) is 1. The standard InChI is InChI=1S/C12H12N/c13-12-8-6-11(7-9-12)10-4-2-1-3-5-10/h2-4,6-10H,5,13H2. The van der Waals surface area contributed by atoms with Gasteiger partial charge in [-0.3, -0.25) is 0 Å². The molecule has 0 heterocycles. The number of anilines is 1. The minimum absolute atomic E-state index is 0.502. The first kappa shape index (κ1) is 8.11. The molecule has 1 aliphatic rings. The third kappa shape index (κ3) is 1.81. The summed E-state index contributed by atoms with van der Waals surface area (Å²) in [7, 11) is 0. The van der Waals surface area contributed by atoms with Crippen molar-refractivity contribution in [3.63, 3.8) is 0 Å². The zero-order chi connectivity index (χ0) is 9.10. The molecule has 1 heteroatoms. The Labute approximate surface area is 78.6 Å². The Morgan fingerprint density at radius 1 is 1.23 bits per heavy atom. The molecule has 1 nitrogen and oxygen atoms in total. The fourth-order valence-electron chi connectivity index (χ4n) is 1.50. The lowest BCUT2D eigenvalue weighted by atomic mass is 9.93. The maximum atomic E-state index is 5.62. The highest BCUT2D eigenvalue weighted by Crippen LogP contribution is 2.24. The van der Waals surface area contributed by atoms with E-state index >= 15 is 0 Å². The molecule has 0 aromatic heterocycles. The van der Waals surface area contributed by atoms with E-state index in [0.717, 1.165) is 12.1 Å². The quantitative estimate of drug-likeness (QED) is 0.644. The van der Waals surface area contributed by atoms with Crippen molar-refractivity contribution in [2.75, 3.05) is 5.73 Å². The highest BCUT2D eigenvalue weighted by molar-refractivity contribution is 5.41. The molecule has 1 aromatic rings. The Bertz CT molecular complexity index is 333. The average Bonchev–Trinajstić information content (AvgIpc) is 2.20. The Balaban J connectivity index is 2.21. The predicted molar refractivity (Wildman–Crippen MR) is 55.2 cm³/mol. The van der Waals surface area contributed by atoms with Gasteiger partial charge >= 0.3 is 0 Å². The van der Waals surface area contributed by atoms with Crippen LogP contribution in [0.3, 0.4) is 0 Å². The van der Waals surface area contributed by atoms with Gasteiger partial charge in [0.1, 0.15) is 0 Å². The van der Waals surface area contributed by atoms with E-state index in [1.54, 1.807) is 0 Å². The van der Waals surface area contributed by atoms with E-state index in [0.29, 0.717) is 5.92 Å². The molecular weight excluding hydrogens is 158 g/mol. The van der Waals surface area contributed by atoms with E-state index in [2.05, 4.69) is 30.4 Å². The highest BCUT2D eigenvalue weighted by atomic mass is 14.5. The zero-order valence-corrected chi connectivity index (χ0v) is 7.40. The Morgan fingerprint density at radius 3 is 2.62 bits per heavy atom. The van der Waals surface area contributed by atoms with Crippen molar-refractivity contribution in [2.45, 2.75) is 12.3 Å². The van der Waals surface area contributed by atoms with Gasteiger partial charge in [-0.2, -0.15) is 0 Å². The van der Waals surface area contributed by atoms with E-state index in [9.17, 15) is 0 Å². The van der Waals surface area contributed by atoms with Crippen molar-refractivity contribution in [3.05, 3.63) is 54.1 Å². The lowest BCUT2D eigenvalue weighted by molar-refractivity contribution is 0.851. The first-order valence-corrected chi connectivity index (χ1v) is 4.46. The van der Waals surface area contributed by atoms with Crippen LogP contribution in [0.2, 0.25) is 0 Å².